The maximum absolute atomic E-state index is 12.1. The molecule has 1 atom stereocenters. The van der Waals surface area contributed by atoms with Crippen LogP contribution in [0.2, 0.25) is 0 Å². The van der Waals surface area contributed by atoms with Gasteiger partial charge in [0.25, 0.3) is 0 Å². The third-order valence-corrected chi connectivity index (χ3v) is 4.54. The van der Waals surface area contributed by atoms with Gasteiger partial charge in [0.1, 0.15) is 0 Å². The number of rotatable bonds is 4. The van der Waals surface area contributed by atoms with Crippen LogP contribution >= 0.6 is 11.8 Å². The summed E-state index contributed by atoms with van der Waals surface area (Å²) in [5.41, 5.74) is -0.133. The van der Waals surface area contributed by atoms with Crippen LogP contribution < -0.4 is 5.32 Å². The number of benzene rings is 1. The predicted octanol–water partition coefficient (Wildman–Crippen LogP) is 2.31. The zero-order valence-electron chi connectivity index (χ0n) is 11.2. The summed E-state index contributed by atoms with van der Waals surface area (Å²) < 4.78 is 0. The van der Waals surface area contributed by atoms with Crippen molar-refractivity contribution in [2.24, 2.45) is 0 Å². The number of carboxylic acids is 2. The maximum Gasteiger partial charge on any atom is 0.335 e. The second-order valence-electron chi connectivity index (χ2n) is 4.75. The lowest BCUT2D eigenvalue weighted by atomic mass is 10.1. The Morgan fingerprint density at radius 3 is 2.14 bits per heavy atom. The average Bonchev–Trinajstić information content (AvgIpc) is 2.47. The molecule has 2 rings (SSSR count). The number of hydrogen-bond donors (Lipinski definition) is 3. The molecule has 1 unspecified atom stereocenters. The van der Waals surface area contributed by atoms with Crippen LogP contribution in [0.1, 0.15) is 40.0 Å². The number of aromatic carboxylic acids is 2. The van der Waals surface area contributed by atoms with Gasteiger partial charge in [0.15, 0.2) is 0 Å². The van der Waals surface area contributed by atoms with Gasteiger partial charge in [-0.1, -0.05) is 6.42 Å². The van der Waals surface area contributed by atoms with E-state index in [0.717, 1.165) is 31.1 Å². The normalized spacial score (nSPS) is 18.0. The first kappa shape index (κ1) is 15.4. The molecule has 1 fully saturated rings. The summed E-state index contributed by atoms with van der Waals surface area (Å²) in [7, 11) is 0. The number of thioether (sulfide) groups is 1. The highest BCUT2D eigenvalue weighted by molar-refractivity contribution is 8.00. The lowest BCUT2D eigenvalue weighted by Crippen LogP contribution is -2.27. The smallest absolute Gasteiger partial charge is 0.335 e. The van der Waals surface area contributed by atoms with Crippen molar-refractivity contribution in [3.63, 3.8) is 0 Å². The minimum Gasteiger partial charge on any atom is -0.478 e. The summed E-state index contributed by atoms with van der Waals surface area (Å²) in [6, 6.07) is 3.59. The van der Waals surface area contributed by atoms with Gasteiger partial charge < -0.3 is 15.5 Å². The summed E-state index contributed by atoms with van der Waals surface area (Å²) in [5.74, 6) is -1.76. The van der Waals surface area contributed by atoms with Gasteiger partial charge in [-0.2, -0.15) is 0 Å². The van der Waals surface area contributed by atoms with E-state index < -0.39 is 11.9 Å². The van der Waals surface area contributed by atoms with E-state index in [1.54, 1.807) is 11.8 Å². The van der Waals surface area contributed by atoms with Crippen molar-refractivity contribution in [3.05, 3.63) is 29.3 Å². The van der Waals surface area contributed by atoms with Gasteiger partial charge in [0.2, 0.25) is 5.91 Å². The molecule has 1 aliphatic heterocycles. The van der Waals surface area contributed by atoms with Crippen molar-refractivity contribution in [1.82, 2.24) is 0 Å². The van der Waals surface area contributed by atoms with E-state index in [0.29, 0.717) is 0 Å². The zero-order valence-corrected chi connectivity index (χ0v) is 12.0. The van der Waals surface area contributed by atoms with Gasteiger partial charge >= 0.3 is 11.9 Å². The first-order valence-corrected chi connectivity index (χ1v) is 7.56. The first-order chi connectivity index (χ1) is 9.97. The molecule has 0 spiro atoms. The molecule has 3 N–H and O–H groups in total. The van der Waals surface area contributed by atoms with Gasteiger partial charge in [0, 0.05) is 5.69 Å². The van der Waals surface area contributed by atoms with E-state index in [2.05, 4.69) is 5.32 Å². The molecule has 1 aromatic carbocycles. The summed E-state index contributed by atoms with van der Waals surface area (Å²) in [5, 5.41) is 20.4. The van der Waals surface area contributed by atoms with Crippen LogP contribution in [0.3, 0.4) is 0 Å². The quantitative estimate of drug-likeness (QED) is 0.788. The minimum absolute atomic E-state index is 0.165. The van der Waals surface area contributed by atoms with Crippen molar-refractivity contribution < 1.29 is 24.6 Å². The van der Waals surface area contributed by atoms with Gasteiger partial charge in [-0.3, -0.25) is 4.79 Å². The second-order valence-corrected chi connectivity index (χ2v) is 6.06. The molecule has 1 amide bonds. The SMILES string of the molecule is O=C(O)c1cc(NC(=O)C2CCCCS2)cc(C(=O)O)c1. The molecule has 1 aliphatic rings. The molecular formula is C14H15NO5S. The van der Waals surface area contributed by atoms with E-state index in [4.69, 9.17) is 10.2 Å². The zero-order chi connectivity index (χ0) is 15.4. The highest BCUT2D eigenvalue weighted by atomic mass is 32.2. The molecule has 0 aliphatic carbocycles. The predicted molar refractivity (Wildman–Crippen MR) is 79.1 cm³/mol. The fraction of sp³-hybridized carbons (Fsp3) is 0.357. The molecule has 0 radical (unpaired) electrons. The fourth-order valence-electron chi connectivity index (χ4n) is 2.12. The molecule has 21 heavy (non-hydrogen) atoms. The highest BCUT2D eigenvalue weighted by Crippen LogP contribution is 2.26. The minimum atomic E-state index is -1.24. The standard InChI is InChI=1S/C14H15NO5S/c16-12(11-3-1-2-4-21-11)15-10-6-8(13(17)18)5-9(7-10)14(19)20/h5-7,11H,1-4H2,(H,15,16)(H,17,18)(H,19,20). The lowest BCUT2D eigenvalue weighted by molar-refractivity contribution is -0.115. The molecule has 0 saturated carbocycles. The Morgan fingerprint density at radius 1 is 1.05 bits per heavy atom. The molecule has 0 bridgehead atoms. The van der Waals surface area contributed by atoms with Crippen LogP contribution in [0, 0.1) is 0 Å². The van der Waals surface area contributed by atoms with E-state index in [1.165, 1.54) is 12.1 Å². The number of carbonyl (C=O) groups is 3. The molecule has 7 heteroatoms. The number of carbonyl (C=O) groups excluding carboxylic acids is 1. The largest absolute Gasteiger partial charge is 0.478 e. The highest BCUT2D eigenvalue weighted by Gasteiger charge is 2.22. The van der Waals surface area contributed by atoms with Crippen molar-refractivity contribution in [2.75, 3.05) is 11.1 Å². The van der Waals surface area contributed by atoms with Crippen LogP contribution in [0.5, 0.6) is 0 Å². The van der Waals surface area contributed by atoms with E-state index in [-0.39, 0.29) is 28.0 Å². The van der Waals surface area contributed by atoms with Crippen molar-refractivity contribution >= 4 is 35.3 Å². The van der Waals surface area contributed by atoms with Gasteiger partial charge in [-0.05, 0) is 36.8 Å². The van der Waals surface area contributed by atoms with Crippen LogP contribution in [0.4, 0.5) is 5.69 Å². The topological polar surface area (TPSA) is 104 Å². The first-order valence-electron chi connectivity index (χ1n) is 6.51. The maximum atomic E-state index is 12.1. The van der Waals surface area contributed by atoms with Crippen LogP contribution in [0.25, 0.3) is 0 Å². The molecule has 112 valence electrons. The third-order valence-electron chi connectivity index (χ3n) is 3.17. The molecular weight excluding hydrogens is 294 g/mol. The lowest BCUT2D eigenvalue weighted by Gasteiger charge is -2.20. The van der Waals surface area contributed by atoms with E-state index >= 15 is 0 Å². The third kappa shape index (κ3) is 3.98. The summed E-state index contributed by atoms with van der Waals surface area (Å²) in [4.78, 5) is 34.1. The van der Waals surface area contributed by atoms with Crippen molar-refractivity contribution in [3.8, 4) is 0 Å². The van der Waals surface area contributed by atoms with Gasteiger partial charge in [-0.25, -0.2) is 9.59 Å². The van der Waals surface area contributed by atoms with Gasteiger partial charge in [0.05, 0.1) is 16.4 Å². The average molecular weight is 309 g/mol. The molecule has 6 nitrogen and oxygen atoms in total. The molecule has 0 aromatic heterocycles. The Morgan fingerprint density at radius 2 is 1.67 bits per heavy atom. The number of anilines is 1. The van der Waals surface area contributed by atoms with E-state index in [9.17, 15) is 14.4 Å². The number of carboxylic acid groups (broad SMARTS) is 2. The Bertz CT molecular complexity index is 548. The second kappa shape index (κ2) is 6.62. The molecule has 1 heterocycles. The number of nitrogens with one attached hydrogen (secondary N) is 1. The number of hydrogen-bond acceptors (Lipinski definition) is 4. The van der Waals surface area contributed by atoms with Crippen LogP contribution in [-0.4, -0.2) is 39.1 Å². The summed E-state index contributed by atoms with van der Waals surface area (Å²) >= 11 is 1.57. The fourth-order valence-corrected chi connectivity index (χ4v) is 3.32. The van der Waals surface area contributed by atoms with Crippen LogP contribution in [0.15, 0.2) is 18.2 Å². The van der Waals surface area contributed by atoms with Crippen molar-refractivity contribution in [2.45, 2.75) is 24.5 Å². The number of amides is 1. The summed E-state index contributed by atoms with van der Waals surface area (Å²) in [6.07, 6.45) is 2.85. The Kier molecular flexibility index (Phi) is 4.85. The van der Waals surface area contributed by atoms with Crippen molar-refractivity contribution in [1.29, 1.82) is 0 Å². The monoisotopic (exact) mass is 309 g/mol. The molecule has 1 saturated heterocycles. The Balaban J connectivity index is 2.20. The van der Waals surface area contributed by atoms with E-state index in [1.807, 2.05) is 0 Å². The van der Waals surface area contributed by atoms with Gasteiger partial charge in [-0.15, -0.1) is 11.8 Å². The Hall–Kier alpha value is -2.02. The molecule has 1 aromatic rings. The van der Waals surface area contributed by atoms with Crippen LogP contribution in [-0.2, 0) is 4.79 Å². The summed E-state index contributed by atoms with van der Waals surface area (Å²) in [6.45, 7) is 0. The Labute approximate surface area is 125 Å².